The van der Waals surface area contributed by atoms with E-state index in [0.29, 0.717) is 24.3 Å². The topological polar surface area (TPSA) is 86.5 Å². The van der Waals surface area contributed by atoms with Crippen LogP contribution in [-0.2, 0) is 9.53 Å². The Kier molecular flexibility index (Phi) is 7.71. The Morgan fingerprint density at radius 1 is 1.43 bits per heavy atom. The minimum absolute atomic E-state index is 0.207. The molecule has 2 aromatic rings. The maximum absolute atomic E-state index is 12.6. The first-order chi connectivity index (χ1) is 13.4. The summed E-state index contributed by atoms with van der Waals surface area (Å²) < 4.78 is 11.1. The van der Waals surface area contributed by atoms with Crippen molar-refractivity contribution in [1.29, 1.82) is 0 Å². The normalized spacial score (nSPS) is 13.8. The van der Waals surface area contributed by atoms with Gasteiger partial charge in [0.15, 0.2) is 0 Å². The van der Waals surface area contributed by atoms with Gasteiger partial charge in [-0.1, -0.05) is 11.8 Å². The van der Waals surface area contributed by atoms with Crippen molar-refractivity contribution in [3.05, 3.63) is 36.0 Å². The number of fused-ring (bicyclic) bond motifs is 1. The van der Waals surface area contributed by atoms with Crippen molar-refractivity contribution >= 4 is 28.6 Å². The third-order valence-corrected chi connectivity index (χ3v) is 4.59. The highest BCUT2D eigenvalue weighted by Crippen LogP contribution is 2.23. The van der Waals surface area contributed by atoms with E-state index in [2.05, 4.69) is 22.1 Å². The molecule has 6 nitrogen and oxygen atoms in total. The summed E-state index contributed by atoms with van der Waals surface area (Å²) in [7, 11) is 0. The minimum atomic E-state index is -0.946. The molecule has 0 saturated heterocycles. The molecule has 146 valence electrons. The molecule has 1 heterocycles. The Bertz CT molecular complexity index is 915. The van der Waals surface area contributed by atoms with Gasteiger partial charge in [-0.05, 0) is 37.4 Å². The molecule has 0 fully saturated rings. The summed E-state index contributed by atoms with van der Waals surface area (Å²) in [5.74, 6) is 5.14. The van der Waals surface area contributed by atoms with Gasteiger partial charge in [-0.15, -0.1) is 24.6 Å². The molecule has 1 amide bonds. The van der Waals surface area contributed by atoms with Crippen LogP contribution in [0.1, 0.15) is 18.9 Å². The van der Waals surface area contributed by atoms with E-state index in [9.17, 15) is 4.79 Å². The zero-order valence-electron chi connectivity index (χ0n) is 15.9. The fraction of sp³-hybridized carbons (Fsp3) is 0.333. The van der Waals surface area contributed by atoms with Gasteiger partial charge in [-0.25, -0.2) is 0 Å². The third-order valence-electron chi connectivity index (χ3n) is 3.85. The van der Waals surface area contributed by atoms with Gasteiger partial charge in [0, 0.05) is 23.6 Å². The Morgan fingerprint density at radius 2 is 2.21 bits per heavy atom. The van der Waals surface area contributed by atoms with Crippen LogP contribution < -0.4 is 15.8 Å². The summed E-state index contributed by atoms with van der Waals surface area (Å²) in [5.41, 5.74) is 5.89. The van der Waals surface area contributed by atoms with Crippen LogP contribution >= 0.6 is 11.8 Å². The van der Waals surface area contributed by atoms with Crippen LogP contribution in [0.5, 0.6) is 5.75 Å². The molecule has 0 aliphatic heterocycles. The number of ether oxygens (including phenoxy) is 2. The van der Waals surface area contributed by atoms with Crippen LogP contribution in [0.3, 0.4) is 0 Å². The van der Waals surface area contributed by atoms with Crippen LogP contribution in [0.15, 0.2) is 30.5 Å². The highest BCUT2D eigenvalue weighted by Gasteiger charge is 2.27. The lowest BCUT2D eigenvalue weighted by molar-refractivity contribution is -0.126. The fourth-order valence-corrected chi connectivity index (χ4v) is 2.89. The second-order valence-corrected chi connectivity index (χ2v) is 7.22. The lowest BCUT2D eigenvalue weighted by Crippen LogP contribution is -2.56. The molecule has 0 radical (unpaired) electrons. The Hall–Kier alpha value is -2.71. The van der Waals surface area contributed by atoms with E-state index >= 15 is 0 Å². The standard InChI is InChI=1S/C21H23N3O3S/c1-5-10-26-11-9-21(3,22)24-19(25)20(28-4)27-17-7-8-18-16(13-17)12-15(6-2)14-23-18/h1-2,7-8,12-14,20H,9-11,22H2,3-4H3,(H,24,25). The Balaban J connectivity index is 2.04. The Labute approximate surface area is 169 Å². The molecule has 28 heavy (non-hydrogen) atoms. The van der Waals surface area contributed by atoms with Gasteiger partial charge in [-0.3, -0.25) is 9.78 Å². The second-order valence-electron chi connectivity index (χ2n) is 6.32. The number of carbonyl (C=O) groups is 1. The number of nitrogens with zero attached hydrogens (tertiary/aromatic N) is 1. The van der Waals surface area contributed by atoms with E-state index in [-0.39, 0.29) is 12.5 Å². The third kappa shape index (κ3) is 6.17. The lowest BCUT2D eigenvalue weighted by atomic mass is 10.1. The summed E-state index contributed by atoms with van der Waals surface area (Å²) in [4.78, 5) is 16.9. The average molecular weight is 398 g/mol. The number of thioether (sulfide) groups is 1. The molecular weight excluding hydrogens is 374 g/mol. The largest absolute Gasteiger partial charge is 0.470 e. The SMILES string of the molecule is C#CCOCCC(C)(N)NC(=O)C(Oc1ccc2ncc(C#C)cc2c1)SC. The molecular formula is C21H23N3O3S. The van der Waals surface area contributed by atoms with E-state index < -0.39 is 11.1 Å². The van der Waals surface area contributed by atoms with Crippen molar-refractivity contribution in [2.45, 2.75) is 24.4 Å². The van der Waals surface area contributed by atoms with E-state index in [1.54, 1.807) is 31.5 Å². The smallest absolute Gasteiger partial charge is 0.273 e. The number of rotatable bonds is 9. The van der Waals surface area contributed by atoms with E-state index in [0.717, 1.165) is 10.9 Å². The monoisotopic (exact) mass is 397 g/mol. The van der Waals surface area contributed by atoms with Gasteiger partial charge in [-0.2, -0.15) is 0 Å². The number of hydrogen-bond donors (Lipinski definition) is 2. The van der Waals surface area contributed by atoms with Gasteiger partial charge < -0.3 is 20.5 Å². The zero-order valence-corrected chi connectivity index (χ0v) is 16.7. The number of benzene rings is 1. The number of terminal acetylenes is 2. The van der Waals surface area contributed by atoms with Crippen LogP contribution in [-0.4, -0.2) is 41.5 Å². The summed E-state index contributed by atoms with van der Waals surface area (Å²) in [6.45, 7) is 2.26. The van der Waals surface area contributed by atoms with Crippen LogP contribution in [0.2, 0.25) is 0 Å². The predicted molar refractivity (Wildman–Crippen MR) is 113 cm³/mol. The second kappa shape index (κ2) is 10.0. The van der Waals surface area contributed by atoms with Gasteiger partial charge in [0.2, 0.25) is 5.44 Å². The maximum atomic E-state index is 12.6. The van der Waals surface area contributed by atoms with Crippen molar-refractivity contribution < 1.29 is 14.3 Å². The average Bonchev–Trinajstić information content (AvgIpc) is 2.68. The van der Waals surface area contributed by atoms with Gasteiger partial charge >= 0.3 is 0 Å². The quantitative estimate of drug-likeness (QED) is 0.383. The molecule has 2 rings (SSSR count). The van der Waals surface area contributed by atoms with Gasteiger partial charge in [0.1, 0.15) is 12.4 Å². The number of nitrogens with two attached hydrogens (primary N) is 1. The van der Waals surface area contributed by atoms with Crippen LogP contribution in [0.4, 0.5) is 0 Å². The number of amides is 1. The first-order valence-corrected chi connectivity index (χ1v) is 9.85. The number of nitrogens with one attached hydrogen (secondary N) is 1. The first kappa shape index (κ1) is 21.6. The molecule has 0 aliphatic rings. The Morgan fingerprint density at radius 3 is 2.89 bits per heavy atom. The van der Waals surface area contributed by atoms with Crippen molar-refractivity contribution in [3.63, 3.8) is 0 Å². The predicted octanol–water partition coefficient (Wildman–Crippen LogP) is 2.12. The summed E-state index contributed by atoms with van der Waals surface area (Å²) in [5, 5.41) is 3.62. The molecule has 7 heteroatoms. The molecule has 2 unspecified atom stereocenters. The number of pyridine rings is 1. The van der Waals surface area contributed by atoms with E-state index in [1.165, 1.54) is 11.8 Å². The van der Waals surface area contributed by atoms with Crippen molar-refractivity contribution in [1.82, 2.24) is 10.3 Å². The van der Waals surface area contributed by atoms with Crippen LogP contribution in [0, 0.1) is 24.7 Å². The molecule has 0 saturated carbocycles. The number of hydrogen-bond acceptors (Lipinski definition) is 6. The summed E-state index contributed by atoms with van der Waals surface area (Å²) >= 11 is 1.26. The molecule has 0 bridgehead atoms. The number of aromatic nitrogens is 1. The number of carbonyl (C=O) groups excluding carboxylic acids is 1. The zero-order chi connectivity index (χ0) is 20.6. The minimum Gasteiger partial charge on any atom is -0.470 e. The van der Waals surface area contributed by atoms with Gasteiger partial charge in [0.25, 0.3) is 5.91 Å². The summed E-state index contributed by atoms with van der Waals surface area (Å²) in [6, 6.07) is 7.22. The molecule has 1 aromatic carbocycles. The van der Waals surface area contributed by atoms with Crippen molar-refractivity contribution in [3.8, 4) is 30.4 Å². The van der Waals surface area contributed by atoms with Crippen molar-refractivity contribution in [2.75, 3.05) is 19.5 Å². The van der Waals surface area contributed by atoms with Crippen molar-refractivity contribution in [2.24, 2.45) is 5.73 Å². The first-order valence-electron chi connectivity index (χ1n) is 8.56. The highest BCUT2D eigenvalue weighted by atomic mass is 32.2. The summed E-state index contributed by atoms with van der Waals surface area (Å²) in [6.07, 6.45) is 14.4. The molecule has 2 atom stereocenters. The molecule has 0 spiro atoms. The van der Waals surface area contributed by atoms with Crippen LogP contribution in [0.25, 0.3) is 10.9 Å². The molecule has 0 aliphatic carbocycles. The van der Waals surface area contributed by atoms with E-state index in [4.69, 9.17) is 28.1 Å². The van der Waals surface area contributed by atoms with Gasteiger partial charge in [0.05, 0.1) is 17.8 Å². The molecule has 3 N–H and O–H groups in total. The highest BCUT2D eigenvalue weighted by molar-refractivity contribution is 7.99. The van der Waals surface area contributed by atoms with E-state index in [1.807, 2.05) is 12.1 Å². The maximum Gasteiger partial charge on any atom is 0.273 e. The molecule has 1 aromatic heterocycles. The fourth-order valence-electron chi connectivity index (χ4n) is 2.41. The lowest BCUT2D eigenvalue weighted by Gasteiger charge is -2.28.